The van der Waals surface area contributed by atoms with Crippen LogP contribution >= 0.6 is 0 Å². The average Bonchev–Trinajstić information content (AvgIpc) is 3.03. The summed E-state index contributed by atoms with van der Waals surface area (Å²) in [6.45, 7) is 6.16. The third-order valence-electron chi connectivity index (χ3n) is 3.97. The van der Waals surface area contributed by atoms with Crippen LogP contribution in [-0.2, 0) is 9.53 Å². The maximum atomic E-state index is 12.8. The largest absolute Gasteiger partial charge is 0.469 e. The number of carbonyl (C=O) groups is 3. The predicted molar refractivity (Wildman–Crippen MR) is 94.6 cm³/mol. The highest BCUT2D eigenvalue weighted by Crippen LogP contribution is 2.18. The van der Waals surface area contributed by atoms with Crippen LogP contribution in [0.2, 0.25) is 0 Å². The zero-order valence-electron chi connectivity index (χ0n) is 14.9. The second-order valence-corrected chi connectivity index (χ2v) is 6.40. The molecule has 0 spiro atoms. The van der Waals surface area contributed by atoms with Crippen molar-refractivity contribution in [2.24, 2.45) is 5.92 Å². The van der Waals surface area contributed by atoms with E-state index in [0.717, 1.165) is 5.69 Å². The molecule has 136 valence electrons. The lowest BCUT2D eigenvalue weighted by Gasteiger charge is -2.24. The van der Waals surface area contributed by atoms with Crippen molar-refractivity contribution < 1.29 is 19.1 Å². The number of hydrogen-bond donors (Lipinski definition) is 1. The summed E-state index contributed by atoms with van der Waals surface area (Å²) in [5.41, 5.74) is 1.30. The van der Waals surface area contributed by atoms with Crippen molar-refractivity contribution in [3.63, 3.8) is 0 Å². The second kappa shape index (κ2) is 8.50. The summed E-state index contributed by atoms with van der Waals surface area (Å²) in [7, 11) is 1.34. The molecule has 1 aliphatic rings. The molecule has 0 aliphatic carbocycles. The molecule has 7 heteroatoms. The van der Waals surface area contributed by atoms with Crippen LogP contribution in [0.25, 0.3) is 0 Å². The van der Waals surface area contributed by atoms with Gasteiger partial charge in [0, 0.05) is 37.4 Å². The smallest absolute Gasteiger partial charge is 0.321 e. The van der Waals surface area contributed by atoms with Crippen molar-refractivity contribution in [2.45, 2.75) is 20.3 Å². The summed E-state index contributed by atoms with van der Waals surface area (Å²) in [6, 6.07) is 6.85. The Hall–Kier alpha value is -2.57. The number of nitrogens with zero attached hydrogens (tertiary/aromatic N) is 2. The molecule has 1 N–H and O–H groups in total. The lowest BCUT2D eigenvalue weighted by molar-refractivity contribution is -0.140. The SMILES string of the molecule is COC(=O)CCN(CC(C)C)C(=O)c1ccc(N2CCNC2=O)cc1. The molecule has 1 heterocycles. The normalized spacial score (nSPS) is 13.8. The van der Waals surface area contributed by atoms with E-state index in [4.69, 9.17) is 0 Å². The molecule has 7 nitrogen and oxygen atoms in total. The van der Waals surface area contributed by atoms with Gasteiger partial charge >= 0.3 is 12.0 Å². The van der Waals surface area contributed by atoms with Crippen molar-refractivity contribution in [1.29, 1.82) is 0 Å². The highest BCUT2D eigenvalue weighted by molar-refractivity contribution is 5.97. The second-order valence-electron chi connectivity index (χ2n) is 6.40. The van der Waals surface area contributed by atoms with E-state index >= 15 is 0 Å². The number of urea groups is 1. The van der Waals surface area contributed by atoms with Gasteiger partial charge in [0.1, 0.15) is 0 Å². The molecule has 1 fully saturated rings. The standard InChI is InChI=1S/C18H25N3O4/c1-13(2)12-20(10-8-16(22)25-3)17(23)14-4-6-15(7-5-14)21-11-9-19-18(21)24/h4-7,13H,8-12H2,1-3H3,(H,19,24). The summed E-state index contributed by atoms with van der Waals surface area (Å²) in [5, 5.41) is 2.75. The molecule has 0 radical (unpaired) electrons. The Morgan fingerprint density at radius 1 is 1.28 bits per heavy atom. The topological polar surface area (TPSA) is 79.0 Å². The van der Waals surface area contributed by atoms with Gasteiger partial charge in [0.25, 0.3) is 5.91 Å². The van der Waals surface area contributed by atoms with E-state index in [1.807, 2.05) is 13.8 Å². The Morgan fingerprint density at radius 2 is 1.96 bits per heavy atom. The number of ether oxygens (including phenoxy) is 1. The van der Waals surface area contributed by atoms with E-state index in [1.165, 1.54) is 7.11 Å². The molecule has 1 saturated heterocycles. The first-order valence-corrected chi connectivity index (χ1v) is 8.44. The fraction of sp³-hybridized carbons (Fsp3) is 0.500. The summed E-state index contributed by atoms with van der Waals surface area (Å²) in [4.78, 5) is 39.1. The van der Waals surface area contributed by atoms with Crippen molar-refractivity contribution in [3.8, 4) is 0 Å². The van der Waals surface area contributed by atoms with Crippen molar-refractivity contribution >= 4 is 23.6 Å². The zero-order valence-corrected chi connectivity index (χ0v) is 14.9. The number of benzene rings is 1. The van der Waals surface area contributed by atoms with Crippen LogP contribution in [-0.4, -0.2) is 56.1 Å². The molecule has 25 heavy (non-hydrogen) atoms. The Kier molecular flexibility index (Phi) is 6.38. The third-order valence-corrected chi connectivity index (χ3v) is 3.97. The molecule has 0 bridgehead atoms. The lowest BCUT2D eigenvalue weighted by atomic mass is 10.1. The first-order chi connectivity index (χ1) is 11.9. The van der Waals surface area contributed by atoms with Gasteiger partial charge < -0.3 is 15.0 Å². The molecule has 1 aromatic carbocycles. The van der Waals surface area contributed by atoms with Crippen LogP contribution in [0, 0.1) is 5.92 Å². The van der Waals surface area contributed by atoms with Gasteiger partial charge in [-0.15, -0.1) is 0 Å². The summed E-state index contributed by atoms with van der Waals surface area (Å²) < 4.78 is 4.65. The van der Waals surface area contributed by atoms with Crippen molar-refractivity contribution in [2.75, 3.05) is 38.2 Å². The quantitative estimate of drug-likeness (QED) is 0.764. The van der Waals surface area contributed by atoms with Crippen molar-refractivity contribution in [3.05, 3.63) is 29.8 Å². The highest BCUT2D eigenvalue weighted by atomic mass is 16.5. The monoisotopic (exact) mass is 347 g/mol. The van der Waals surface area contributed by atoms with Gasteiger partial charge in [-0.05, 0) is 30.2 Å². The molecule has 3 amide bonds. The number of methoxy groups -OCH3 is 1. The Labute approximate surface area is 147 Å². The van der Waals surface area contributed by atoms with Gasteiger partial charge in [0.05, 0.1) is 13.5 Å². The molecule has 0 atom stereocenters. The number of esters is 1. The highest BCUT2D eigenvalue weighted by Gasteiger charge is 2.22. The van der Waals surface area contributed by atoms with Gasteiger partial charge in [0.15, 0.2) is 0 Å². The molecule has 1 aliphatic heterocycles. The minimum atomic E-state index is -0.336. The van der Waals surface area contributed by atoms with E-state index in [0.29, 0.717) is 31.7 Å². The number of hydrogen-bond acceptors (Lipinski definition) is 4. The van der Waals surface area contributed by atoms with E-state index in [-0.39, 0.29) is 30.2 Å². The van der Waals surface area contributed by atoms with E-state index in [9.17, 15) is 14.4 Å². The van der Waals surface area contributed by atoms with Gasteiger partial charge in [0.2, 0.25) is 0 Å². The lowest BCUT2D eigenvalue weighted by Crippen LogP contribution is -2.36. The van der Waals surface area contributed by atoms with E-state index in [1.54, 1.807) is 34.1 Å². The fourth-order valence-corrected chi connectivity index (χ4v) is 2.73. The van der Waals surface area contributed by atoms with Crippen LogP contribution in [0.15, 0.2) is 24.3 Å². The summed E-state index contributed by atoms with van der Waals surface area (Å²) in [5.74, 6) is -0.179. The maximum absolute atomic E-state index is 12.8. The van der Waals surface area contributed by atoms with Crippen LogP contribution in [0.1, 0.15) is 30.6 Å². The van der Waals surface area contributed by atoms with Crippen molar-refractivity contribution in [1.82, 2.24) is 10.2 Å². The predicted octanol–water partition coefficient (Wildman–Crippen LogP) is 1.88. The maximum Gasteiger partial charge on any atom is 0.321 e. The molecule has 1 aromatic rings. The van der Waals surface area contributed by atoms with Crippen LogP contribution in [0.3, 0.4) is 0 Å². The van der Waals surface area contributed by atoms with Crippen LogP contribution in [0.5, 0.6) is 0 Å². The summed E-state index contributed by atoms with van der Waals surface area (Å²) >= 11 is 0. The Morgan fingerprint density at radius 3 is 2.48 bits per heavy atom. The minimum absolute atomic E-state index is 0.126. The zero-order chi connectivity index (χ0) is 18.4. The van der Waals surface area contributed by atoms with Gasteiger partial charge in [-0.2, -0.15) is 0 Å². The number of carbonyl (C=O) groups excluding carboxylic acids is 3. The summed E-state index contributed by atoms with van der Waals surface area (Å²) in [6.07, 6.45) is 0.168. The van der Waals surface area contributed by atoms with E-state index in [2.05, 4.69) is 10.1 Å². The Balaban J connectivity index is 2.09. The number of rotatable bonds is 7. The Bertz CT molecular complexity index is 628. The average molecular weight is 347 g/mol. The molecular weight excluding hydrogens is 322 g/mol. The van der Waals surface area contributed by atoms with Crippen LogP contribution < -0.4 is 10.2 Å². The molecule has 0 unspecified atom stereocenters. The number of amides is 3. The van der Waals surface area contributed by atoms with Gasteiger partial charge in [-0.3, -0.25) is 14.5 Å². The fourth-order valence-electron chi connectivity index (χ4n) is 2.73. The first kappa shape index (κ1) is 18.8. The molecule has 0 saturated carbocycles. The number of anilines is 1. The molecule has 2 rings (SSSR count). The minimum Gasteiger partial charge on any atom is -0.469 e. The van der Waals surface area contributed by atoms with Gasteiger partial charge in [-0.1, -0.05) is 13.8 Å². The number of nitrogens with one attached hydrogen (secondary N) is 1. The van der Waals surface area contributed by atoms with Crippen LogP contribution in [0.4, 0.5) is 10.5 Å². The van der Waals surface area contributed by atoms with E-state index < -0.39 is 0 Å². The third kappa shape index (κ3) is 4.95. The molecule has 0 aromatic heterocycles. The molecular formula is C18H25N3O4. The van der Waals surface area contributed by atoms with Gasteiger partial charge in [-0.25, -0.2) is 4.79 Å². The first-order valence-electron chi connectivity index (χ1n) is 8.44.